The average Bonchev–Trinajstić information content (AvgIpc) is 2.07. The molecule has 0 radical (unpaired) electrons. The van der Waals surface area contributed by atoms with Crippen molar-refractivity contribution in [3.05, 3.63) is 0 Å². The minimum absolute atomic E-state index is 0.0507. The highest BCUT2D eigenvalue weighted by atomic mass is 32.2. The quantitative estimate of drug-likeness (QED) is 0.824. The molecule has 4 nitrogen and oxygen atoms in total. The summed E-state index contributed by atoms with van der Waals surface area (Å²) in [5, 5.41) is 0. The van der Waals surface area contributed by atoms with Crippen LogP contribution in [0.1, 0.15) is 52.9 Å². The highest BCUT2D eigenvalue weighted by Crippen LogP contribution is 2.27. The van der Waals surface area contributed by atoms with Gasteiger partial charge in [0.1, 0.15) is 0 Å². The highest BCUT2D eigenvalue weighted by Gasteiger charge is 2.25. The van der Waals surface area contributed by atoms with Crippen molar-refractivity contribution in [2.75, 3.05) is 5.75 Å². The van der Waals surface area contributed by atoms with Crippen molar-refractivity contribution < 1.29 is 13.2 Å². The normalized spacial score (nSPS) is 17.6. The zero-order valence-corrected chi connectivity index (χ0v) is 11.8. The summed E-state index contributed by atoms with van der Waals surface area (Å²) in [6.07, 6.45) is 4.01. The van der Waals surface area contributed by atoms with Crippen molar-refractivity contribution in [1.82, 2.24) is 4.72 Å². The molecule has 1 rings (SSSR count). The molecule has 1 N–H and O–H groups in total. The van der Waals surface area contributed by atoms with Gasteiger partial charge in [0.15, 0.2) is 0 Å². The van der Waals surface area contributed by atoms with Crippen molar-refractivity contribution in [2.45, 2.75) is 52.9 Å². The SMILES string of the molecule is CC(C)(C)CCC(=O)NS(=O)(=O)CC1CCC1. The maximum atomic E-state index is 11.6. The fourth-order valence-electron chi connectivity index (χ4n) is 1.72. The first-order chi connectivity index (χ1) is 7.68. The molecule has 0 aromatic rings. The van der Waals surface area contributed by atoms with E-state index in [9.17, 15) is 13.2 Å². The molecule has 0 aromatic carbocycles. The van der Waals surface area contributed by atoms with E-state index in [1.54, 1.807) is 0 Å². The molecule has 17 heavy (non-hydrogen) atoms. The van der Waals surface area contributed by atoms with Crippen molar-refractivity contribution >= 4 is 15.9 Å². The Hall–Kier alpha value is -0.580. The predicted molar refractivity (Wildman–Crippen MR) is 68.0 cm³/mol. The maximum Gasteiger partial charge on any atom is 0.235 e. The second-order valence-corrected chi connectivity index (χ2v) is 7.93. The van der Waals surface area contributed by atoms with Crippen LogP contribution in [0.25, 0.3) is 0 Å². The van der Waals surface area contributed by atoms with E-state index in [2.05, 4.69) is 4.72 Å². The number of nitrogens with one attached hydrogen (secondary N) is 1. The standard InChI is InChI=1S/C12H23NO3S/c1-12(2,3)8-7-11(14)13-17(15,16)9-10-5-4-6-10/h10H,4-9H2,1-3H3,(H,13,14). The number of hydrogen-bond donors (Lipinski definition) is 1. The van der Waals surface area contributed by atoms with Crippen LogP contribution in [0.3, 0.4) is 0 Å². The Bertz CT molecular complexity index is 364. The minimum atomic E-state index is -3.41. The molecule has 0 aliphatic heterocycles. The van der Waals surface area contributed by atoms with Crippen LogP contribution in [0.15, 0.2) is 0 Å². The Morgan fingerprint density at radius 2 is 1.88 bits per heavy atom. The molecule has 0 heterocycles. The molecular weight excluding hydrogens is 238 g/mol. The predicted octanol–water partition coefficient (Wildman–Crippen LogP) is 2.06. The number of sulfonamides is 1. The zero-order chi connectivity index (χ0) is 13.1. The molecule has 5 heteroatoms. The van der Waals surface area contributed by atoms with Gasteiger partial charge in [-0.25, -0.2) is 8.42 Å². The molecule has 1 aliphatic carbocycles. The maximum absolute atomic E-state index is 11.6. The molecule has 100 valence electrons. The van der Waals surface area contributed by atoms with Crippen LogP contribution in [0.5, 0.6) is 0 Å². The van der Waals surface area contributed by atoms with E-state index in [1.807, 2.05) is 20.8 Å². The molecule has 1 aliphatic rings. The molecular formula is C12H23NO3S. The van der Waals surface area contributed by atoms with Gasteiger partial charge in [0, 0.05) is 6.42 Å². The Morgan fingerprint density at radius 1 is 1.29 bits per heavy atom. The van der Waals surface area contributed by atoms with Crippen molar-refractivity contribution in [3.63, 3.8) is 0 Å². The Labute approximate surface area is 104 Å². The monoisotopic (exact) mass is 261 g/mol. The van der Waals surface area contributed by atoms with Crippen LogP contribution in [0.4, 0.5) is 0 Å². The number of amides is 1. The lowest BCUT2D eigenvalue weighted by Gasteiger charge is -2.25. The fourth-order valence-corrected chi connectivity index (χ4v) is 3.21. The van der Waals surface area contributed by atoms with Gasteiger partial charge in [-0.2, -0.15) is 0 Å². The lowest BCUT2D eigenvalue weighted by molar-refractivity contribution is -0.119. The van der Waals surface area contributed by atoms with Crippen molar-refractivity contribution in [2.24, 2.45) is 11.3 Å². The molecule has 1 saturated carbocycles. The smallest absolute Gasteiger partial charge is 0.235 e. The zero-order valence-electron chi connectivity index (χ0n) is 11.0. The molecule has 0 saturated heterocycles. The largest absolute Gasteiger partial charge is 0.274 e. The Morgan fingerprint density at radius 3 is 2.29 bits per heavy atom. The topological polar surface area (TPSA) is 63.2 Å². The summed E-state index contributed by atoms with van der Waals surface area (Å²) in [4.78, 5) is 11.5. The van der Waals surface area contributed by atoms with E-state index < -0.39 is 10.0 Å². The van der Waals surface area contributed by atoms with Crippen LogP contribution >= 0.6 is 0 Å². The molecule has 1 amide bonds. The molecule has 0 bridgehead atoms. The van der Waals surface area contributed by atoms with E-state index in [0.29, 0.717) is 6.42 Å². The molecule has 0 unspecified atom stereocenters. The summed E-state index contributed by atoms with van der Waals surface area (Å²) < 4.78 is 25.4. The lowest BCUT2D eigenvalue weighted by Crippen LogP contribution is -2.36. The Balaban J connectivity index is 2.33. The second-order valence-electron chi connectivity index (χ2n) is 6.16. The van der Waals surface area contributed by atoms with Gasteiger partial charge >= 0.3 is 0 Å². The summed E-state index contributed by atoms with van der Waals surface area (Å²) in [5.74, 6) is -0.0176. The van der Waals surface area contributed by atoms with Gasteiger partial charge in [-0.1, -0.05) is 27.2 Å². The van der Waals surface area contributed by atoms with E-state index in [1.165, 1.54) is 0 Å². The number of carbonyl (C=O) groups is 1. The number of hydrogen-bond acceptors (Lipinski definition) is 3. The summed E-state index contributed by atoms with van der Waals surface area (Å²) in [6.45, 7) is 6.09. The van der Waals surface area contributed by atoms with Gasteiger partial charge in [-0.05, 0) is 30.6 Å². The molecule has 0 spiro atoms. The van der Waals surface area contributed by atoms with Gasteiger partial charge in [0.25, 0.3) is 0 Å². The van der Waals surface area contributed by atoms with Gasteiger partial charge in [0.05, 0.1) is 5.75 Å². The van der Waals surface area contributed by atoms with Gasteiger partial charge < -0.3 is 0 Å². The third-order valence-electron chi connectivity index (χ3n) is 3.05. The van der Waals surface area contributed by atoms with Crippen LogP contribution < -0.4 is 4.72 Å². The van der Waals surface area contributed by atoms with Crippen LogP contribution in [0.2, 0.25) is 0 Å². The van der Waals surface area contributed by atoms with Gasteiger partial charge in [0.2, 0.25) is 15.9 Å². The second kappa shape index (κ2) is 5.38. The summed E-state index contributed by atoms with van der Waals surface area (Å²) >= 11 is 0. The first-order valence-electron chi connectivity index (χ1n) is 6.21. The lowest BCUT2D eigenvalue weighted by atomic mass is 9.87. The van der Waals surface area contributed by atoms with E-state index in [-0.39, 0.29) is 29.4 Å². The summed E-state index contributed by atoms with van der Waals surface area (Å²) in [5.41, 5.74) is 0.0507. The first-order valence-corrected chi connectivity index (χ1v) is 7.86. The van der Waals surface area contributed by atoms with E-state index in [0.717, 1.165) is 19.3 Å². The number of rotatable bonds is 5. The minimum Gasteiger partial charge on any atom is -0.274 e. The third-order valence-corrected chi connectivity index (χ3v) is 4.50. The van der Waals surface area contributed by atoms with Crippen LogP contribution in [-0.4, -0.2) is 20.1 Å². The fraction of sp³-hybridized carbons (Fsp3) is 0.917. The molecule has 0 atom stereocenters. The third kappa shape index (κ3) is 6.05. The highest BCUT2D eigenvalue weighted by molar-refractivity contribution is 7.90. The molecule has 0 aromatic heterocycles. The number of carbonyl (C=O) groups excluding carboxylic acids is 1. The van der Waals surface area contributed by atoms with Gasteiger partial charge in [-0.15, -0.1) is 0 Å². The van der Waals surface area contributed by atoms with E-state index in [4.69, 9.17) is 0 Å². The molecule has 1 fully saturated rings. The Kier molecular flexibility index (Phi) is 4.58. The van der Waals surface area contributed by atoms with Gasteiger partial charge in [-0.3, -0.25) is 9.52 Å². The van der Waals surface area contributed by atoms with Crippen molar-refractivity contribution in [3.8, 4) is 0 Å². The summed E-state index contributed by atoms with van der Waals surface area (Å²) in [7, 11) is -3.41. The first kappa shape index (κ1) is 14.5. The van der Waals surface area contributed by atoms with E-state index >= 15 is 0 Å². The average molecular weight is 261 g/mol. The van der Waals surface area contributed by atoms with Crippen LogP contribution in [-0.2, 0) is 14.8 Å². The van der Waals surface area contributed by atoms with Crippen molar-refractivity contribution in [1.29, 1.82) is 0 Å². The summed E-state index contributed by atoms with van der Waals surface area (Å²) in [6, 6.07) is 0. The van der Waals surface area contributed by atoms with Crippen LogP contribution in [0, 0.1) is 11.3 Å².